The molecule has 8 nitrogen and oxygen atoms in total. The molecule has 1 amide bonds. The summed E-state index contributed by atoms with van der Waals surface area (Å²) in [6.45, 7) is 4.89. The van der Waals surface area contributed by atoms with E-state index in [0.29, 0.717) is 17.4 Å². The Hall–Kier alpha value is -1.02. The molecular formula is C76H152N2O6P+. The second kappa shape index (κ2) is 67.4. The molecule has 0 aliphatic carbocycles. The van der Waals surface area contributed by atoms with Crippen molar-refractivity contribution >= 4 is 13.7 Å². The zero-order chi connectivity index (χ0) is 61.9. The lowest BCUT2D eigenvalue weighted by Gasteiger charge is -2.25. The first-order valence-corrected chi connectivity index (χ1v) is 39.7. The van der Waals surface area contributed by atoms with Gasteiger partial charge in [-0.15, -0.1) is 0 Å². The molecule has 0 aromatic rings. The topological polar surface area (TPSA) is 105 Å². The molecule has 0 heterocycles. The summed E-state index contributed by atoms with van der Waals surface area (Å²) < 4.78 is 23.9. The normalized spacial score (nSPS) is 13.6. The molecule has 3 atom stereocenters. The quantitative estimate of drug-likeness (QED) is 0.0243. The van der Waals surface area contributed by atoms with Crippen molar-refractivity contribution in [1.82, 2.24) is 5.32 Å². The van der Waals surface area contributed by atoms with E-state index in [-0.39, 0.29) is 19.1 Å². The lowest BCUT2D eigenvalue weighted by atomic mass is 10.0. The van der Waals surface area contributed by atoms with Crippen molar-refractivity contribution in [3.8, 4) is 0 Å². The van der Waals surface area contributed by atoms with Crippen molar-refractivity contribution < 1.29 is 32.9 Å². The number of amides is 1. The summed E-state index contributed by atoms with van der Waals surface area (Å²) >= 11 is 0. The number of unbranched alkanes of at least 4 members (excludes halogenated alkanes) is 57. The largest absolute Gasteiger partial charge is 0.472 e. The van der Waals surface area contributed by atoms with Gasteiger partial charge in [-0.1, -0.05) is 378 Å². The summed E-state index contributed by atoms with van der Waals surface area (Å²) in [4.78, 5) is 23.5. The van der Waals surface area contributed by atoms with Crippen molar-refractivity contribution in [3.63, 3.8) is 0 Å². The van der Waals surface area contributed by atoms with Gasteiger partial charge in [-0.05, 0) is 44.9 Å². The SMILES string of the molecule is CCCCCCCCCC/C=C\CCCCCCCCCCCCCCCCCCCCCCCC(=O)NC(COP(=O)(O)OCC[N+](C)(C)C)C(O)/C=C/CCCCCCCCCCCCCCCCCCCCCCCCCCCCCC. The monoisotopic (exact) mass is 1220 g/mol. The number of nitrogens with one attached hydrogen (secondary N) is 1. The molecule has 0 spiro atoms. The number of likely N-dealkylation sites (N-methyl/N-ethyl adjacent to an activating group) is 1. The molecule has 0 saturated heterocycles. The van der Waals surface area contributed by atoms with E-state index in [1.165, 1.54) is 353 Å². The van der Waals surface area contributed by atoms with Crippen LogP contribution < -0.4 is 5.32 Å². The number of carbonyl (C=O) groups excluding carboxylic acids is 1. The fraction of sp³-hybridized carbons (Fsp3) is 0.934. The Balaban J connectivity index is 3.98. The highest BCUT2D eigenvalue weighted by molar-refractivity contribution is 7.47. The minimum Gasteiger partial charge on any atom is -0.387 e. The van der Waals surface area contributed by atoms with Crippen molar-refractivity contribution in [2.45, 2.75) is 418 Å². The molecule has 3 unspecified atom stereocenters. The van der Waals surface area contributed by atoms with E-state index in [0.717, 1.165) is 32.1 Å². The molecule has 0 aliphatic heterocycles. The highest BCUT2D eigenvalue weighted by atomic mass is 31.2. The highest BCUT2D eigenvalue weighted by Gasteiger charge is 2.28. The summed E-state index contributed by atoms with van der Waals surface area (Å²) in [6, 6.07) is -0.846. The first-order valence-electron chi connectivity index (χ1n) is 38.2. The molecule has 85 heavy (non-hydrogen) atoms. The van der Waals surface area contributed by atoms with E-state index >= 15 is 0 Å². The Morgan fingerprint density at radius 3 is 0.906 bits per heavy atom. The number of aliphatic hydroxyl groups excluding tert-OH is 1. The predicted molar refractivity (Wildman–Crippen MR) is 374 cm³/mol. The lowest BCUT2D eigenvalue weighted by molar-refractivity contribution is -0.870. The average Bonchev–Trinajstić information content (AvgIpc) is 3.49. The molecule has 0 rings (SSSR count). The van der Waals surface area contributed by atoms with Crippen LogP contribution in [0.3, 0.4) is 0 Å². The second-order valence-corrected chi connectivity index (χ2v) is 29.2. The number of nitrogens with zero attached hydrogens (tertiary/aromatic N) is 1. The van der Waals surface area contributed by atoms with Crippen LogP contribution in [0.4, 0.5) is 0 Å². The summed E-state index contributed by atoms with van der Waals surface area (Å²) in [5, 5.41) is 14.0. The second-order valence-electron chi connectivity index (χ2n) is 27.7. The minimum atomic E-state index is -4.35. The van der Waals surface area contributed by atoms with Crippen LogP contribution in [0, 0.1) is 0 Å². The summed E-state index contributed by atoms with van der Waals surface area (Å²) in [5.41, 5.74) is 0. The summed E-state index contributed by atoms with van der Waals surface area (Å²) in [6.07, 6.45) is 89.3. The highest BCUT2D eigenvalue weighted by Crippen LogP contribution is 2.43. The zero-order valence-electron chi connectivity index (χ0n) is 58.1. The molecule has 0 aromatic heterocycles. The fourth-order valence-electron chi connectivity index (χ4n) is 12.0. The van der Waals surface area contributed by atoms with Crippen LogP contribution in [-0.2, 0) is 18.4 Å². The van der Waals surface area contributed by atoms with E-state index in [1.54, 1.807) is 6.08 Å². The first kappa shape index (κ1) is 84.0. The van der Waals surface area contributed by atoms with E-state index in [1.807, 2.05) is 27.2 Å². The third kappa shape index (κ3) is 70.3. The smallest absolute Gasteiger partial charge is 0.387 e. The molecule has 506 valence electrons. The van der Waals surface area contributed by atoms with Gasteiger partial charge in [-0.25, -0.2) is 4.57 Å². The average molecular weight is 1220 g/mol. The number of aliphatic hydroxyl groups is 1. The first-order chi connectivity index (χ1) is 41.5. The van der Waals surface area contributed by atoms with Crippen LogP contribution in [0.5, 0.6) is 0 Å². The summed E-state index contributed by atoms with van der Waals surface area (Å²) in [7, 11) is 1.60. The van der Waals surface area contributed by atoms with Gasteiger partial charge in [0.05, 0.1) is 39.9 Å². The van der Waals surface area contributed by atoms with Gasteiger partial charge in [-0.3, -0.25) is 13.8 Å². The van der Waals surface area contributed by atoms with E-state index in [2.05, 4.69) is 31.3 Å². The van der Waals surface area contributed by atoms with E-state index < -0.39 is 20.0 Å². The van der Waals surface area contributed by atoms with Crippen LogP contribution in [0.25, 0.3) is 0 Å². The number of hydrogen-bond acceptors (Lipinski definition) is 5. The van der Waals surface area contributed by atoms with Crippen molar-refractivity contribution in [2.75, 3.05) is 40.9 Å². The van der Waals surface area contributed by atoms with Crippen LogP contribution in [-0.4, -0.2) is 73.4 Å². The molecular weight excluding hydrogens is 1070 g/mol. The molecule has 0 radical (unpaired) electrons. The van der Waals surface area contributed by atoms with Crippen molar-refractivity contribution in [2.24, 2.45) is 0 Å². The third-order valence-electron chi connectivity index (χ3n) is 17.9. The fourth-order valence-corrected chi connectivity index (χ4v) is 12.7. The number of carbonyl (C=O) groups is 1. The van der Waals surface area contributed by atoms with Crippen molar-refractivity contribution in [3.05, 3.63) is 24.3 Å². The Morgan fingerprint density at radius 1 is 0.388 bits per heavy atom. The molecule has 0 fully saturated rings. The van der Waals surface area contributed by atoms with Crippen molar-refractivity contribution in [1.29, 1.82) is 0 Å². The Labute approximate surface area is 532 Å². The Kier molecular flexibility index (Phi) is 66.6. The van der Waals surface area contributed by atoms with Gasteiger partial charge < -0.3 is 19.8 Å². The molecule has 3 N–H and O–H groups in total. The number of rotatable bonds is 72. The Morgan fingerprint density at radius 2 is 0.635 bits per heavy atom. The maximum atomic E-state index is 13.1. The maximum absolute atomic E-state index is 13.1. The molecule has 0 bridgehead atoms. The molecule has 0 aliphatic rings. The zero-order valence-corrected chi connectivity index (χ0v) is 59.0. The number of allylic oxidation sites excluding steroid dienone is 3. The van der Waals surface area contributed by atoms with Gasteiger partial charge in [0.1, 0.15) is 13.2 Å². The number of phosphoric ester groups is 1. The minimum absolute atomic E-state index is 0.0647. The van der Waals surface area contributed by atoms with E-state index in [4.69, 9.17) is 9.05 Å². The standard InChI is InChI=1S/C76H151N2O6P/c1-6-8-10-12-14-16-18-20-22-24-26-28-30-32-34-36-38-39-40-42-44-46-48-50-52-54-56-58-60-62-64-66-68-70-76(80)77-74(73-84-85(81,82)83-72-71-78(3,4)5)75(79)69-67-65-63-61-59-57-55-53-51-49-47-45-43-41-37-35-33-31-29-27-25-23-21-19-17-15-13-11-9-7-2/h24,26,67,69,74-75,79H,6-23,25,27-66,68,70-73H2,1-5H3,(H-,77,80,81,82)/p+1/b26-24-,69-67+. The van der Waals surface area contributed by atoms with Crippen LogP contribution in [0.15, 0.2) is 24.3 Å². The van der Waals surface area contributed by atoms with Gasteiger partial charge in [0, 0.05) is 6.42 Å². The van der Waals surface area contributed by atoms with Gasteiger partial charge in [-0.2, -0.15) is 0 Å². The number of hydrogen-bond donors (Lipinski definition) is 3. The number of quaternary nitrogens is 1. The number of phosphoric acid groups is 1. The third-order valence-corrected chi connectivity index (χ3v) is 18.9. The maximum Gasteiger partial charge on any atom is 0.472 e. The van der Waals surface area contributed by atoms with Gasteiger partial charge >= 0.3 is 7.82 Å². The van der Waals surface area contributed by atoms with Crippen LogP contribution in [0.1, 0.15) is 406 Å². The van der Waals surface area contributed by atoms with Gasteiger partial charge in [0.15, 0.2) is 0 Å². The summed E-state index contributed by atoms with van der Waals surface area (Å²) in [5.74, 6) is -0.167. The van der Waals surface area contributed by atoms with Crippen LogP contribution >= 0.6 is 7.82 Å². The lowest BCUT2D eigenvalue weighted by Crippen LogP contribution is -2.45. The molecule has 9 heteroatoms. The Bertz CT molecular complexity index is 1430. The van der Waals surface area contributed by atoms with E-state index in [9.17, 15) is 19.4 Å². The molecule has 0 saturated carbocycles. The molecule has 0 aromatic carbocycles. The predicted octanol–water partition coefficient (Wildman–Crippen LogP) is 24.6. The van der Waals surface area contributed by atoms with Crippen LogP contribution in [0.2, 0.25) is 0 Å². The van der Waals surface area contributed by atoms with Gasteiger partial charge in [0.2, 0.25) is 5.91 Å². The van der Waals surface area contributed by atoms with Gasteiger partial charge in [0.25, 0.3) is 0 Å².